The van der Waals surface area contributed by atoms with Crippen LogP contribution in [0.5, 0.6) is 0 Å². The molecule has 0 amide bonds. The Kier molecular flexibility index (Phi) is 9.05. The number of imidazole rings is 1. The van der Waals surface area contributed by atoms with Crippen LogP contribution in [0.2, 0.25) is 0 Å². The van der Waals surface area contributed by atoms with Gasteiger partial charge in [0, 0.05) is 29.4 Å². The molecule has 0 bridgehead atoms. The van der Waals surface area contributed by atoms with E-state index in [2.05, 4.69) is 209 Å². The number of nitrogens with zero attached hydrogens (tertiary/aromatic N) is 6. The van der Waals surface area contributed by atoms with Crippen molar-refractivity contribution in [1.29, 1.82) is 0 Å². The number of hydrogen-bond donors (Lipinski definition) is 0. The highest BCUT2D eigenvalue weighted by Crippen LogP contribution is 2.48. The van der Waals surface area contributed by atoms with Gasteiger partial charge in [0.1, 0.15) is 21.5 Å². The lowest BCUT2D eigenvalue weighted by atomic mass is 10.1. The van der Waals surface area contributed by atoms with Crippen molar-refractivity contribution in [3.05, 3.63) is 182 Å². The van der Waals surface area contributed by atoms with Gasteiger partial charge in [-0.05, 0) is 105 Å². The number of allylic oxidation sites excluding steroid dienone is 4. The number of rotatable bonds is 9. The van der Waals surface area contributed by atoms with Crippen molar-refractivity contribution in [2.75, 3.05) is 16.3 Å². The molecule has 10 rings (SSSR count). The number of para-hydroxylation sites is 4. The molecule has 0 unspecified atom stereocenters. The highest BCUT2D eigenvalue weighted by molar-refractivity contribution is 7.22. The zero-order chi connectivity index (χ0) is 38.3. The van der Waals surface area contributed by atoms with Crippen molar-refractivity contribution in [1.82, 2.24) is 14.5 Å². The number of fused-ring (bicyclic) bond motifs is 4. The SMILES string of the molecule is CCN1/C(=C/C=C/C=C/c2n(-c3ccccc3)c3ccc(-c4nc5ccccc5s4)cc3[n+]2CC)N(c2ccccc2)c2ccc(-c3nc4ccccc4s3)cc21. The fraction of sp³-hybridized carbons (Fsp3) is 0.0816. The summed E-state index contributed by atoms with van der Waals surface area (Å²) in [5, 5.41) is 2.07. The summed E-state index contributed by atoms with van der Waals surface area (Å²) in [7, 11) is 0. The normalized spacial score (nSPS) is 13.8. The summed E-state index contributed by atoms with van der Waals surface area (Å²) in [6, 6.07) is 51.5. The molecule has 0 N–H and O–H groups in total. The Hall–Kier alpha value is -6.61. The first-order valence-corrected chi connectivity index (χ1v) is 21.0. The molecule has 1 aliphatic heterocycles. The van der Waals surface area contributed by atoms with Crippen LogP contribution >= 0.6 is 22.7 Å². The van der Waals surface area contributed by atoms with Crippen LogP contribution < -0.4 is 14.4 Å². The summed E-state index contributed by atoms with van der Waals surface area (Å²) >= 11 is 3.48. The molecule has 6 nitrogen and oxygen atoms in total. The predicted molar refractivity (Wildman–Crippen MR) is 241 cm³/mol. The molecule has 8 heteroatoms. The minimum absolute atomic E-state index is 0.821. The molecule has 9 aromatic rings. The maximum atomic E-state index is 4.98. The van der Waals surface area contributed by atoms with Gasteiger partial charge in [0.2, 0.25) is 0 Å². The van der Waals surface area contributed by atoms with Crippen LogP contribution in [0.3, 0.4) is 0 Å². The van der Waals surface area contributed by atoms with Crippen LogP contribution in [0.25, 0.3) is 64.4 Å². The molecule has 276 valence electrons. The Bertz CT molecular complexity index is 2940. The van der Waals surface area contributed by atoms with E-state index in [0.29, 0.717) is 0 Å². The van der Waals surface area contributed by atoms with Crippen molar-refractivity contribution in [3.8, 4) is 26.8 Å². The van der Waals surface area contributed by atoms with Crippen LogP contribution in [0.4, 0.5) is 17.1 Å². The van der Waals surface area contributed by atoms with Gasteiger partial charge in [-0.3, -0.25) is 4.90 Å². The Morgan fingerprint density at radius 3 is 1.86 bits per heavy atom. The van der Waals surface area contributed by atoms with Crippen molar-refractivity contribution >= 4 is 77.3 Å². The summed E-state index contributed by atoms with van der Waals surface area (Å²) in [5.74, 6) is 2.21. The monoisotopic (exact) mass is 775 g/mol. The van der Waals surface area contributed by atoms with E-state index in [9.17, 15) is 0 Å². The van der Waals surface area contributed by atoms with E-state index < -0.39 is 0 Å². The molecule has 1 aliphatic rings. The van der Waals surface area contributed by atoms with Gasteiger partial charge in [-0.2, -0.15) is 4.57 Å². The highest BCUT2D eigenvalue weighted by Gasteiger charge is 2.32. The molecule has 0 aliphatic carbocycles. The van der Waals surface area contributed by atoms with Crippen molar-refractivity contribution in [2.24, 2.45) is 0 Å². The average molecular weight is 776 g/mol. The topological polar surface area (TPSA) is 41.1 Å². The lowest BCUT2D eigenvalue weighted by Crippen LogP contribution is -2.35. The van der Waals surface area contributed by atoms with Crippen LogP contribution in [-0.2, 0) is 6.54 Å². The number of thiazole rings is 2. The summed E-state index contributed by atoms with van der Waals surface area (Å²) in [6.07, 6.45) is 10.9. The summed E-state index contributed by atoms with van der Waals surface area (Å²) in [5.41, 5.74) is 11.3. The van der Waals surface area contributed by atoms with Gasteiger partial charge in [-0.15, -0.1) is 22.7 Å². The lowest BCUT2D eigenvalue weighted by molar-refractivity contribution is -0.670. The number of aromatic nitrogens is 4. The Morgan fingerprint density at radius 2 is 1.21 bits per heavy atom. The first kappa shape index (κ1) is 34.8. The van der Waals surface area contributed by atoms with E-state index >= 15 is 0 Å². The lowest BCUT2D eigenvalue weighted by Gasteiger charge is -2.24. The molecule has 4 heterocycles. The molecule has 0 atom stereocenters. The molecule has 0 spiro atoms. The summed E-state index contributed by atoms with van der Waals surface area (Å²) < 4.78 is 7.16. The zero-order valence-electron chi connectivity index (χ0n) is 31.7. The van der Waals surface area contributed by atoms with Crippen LogP contribution in [-0.4, -0.2) is 21.1 Å². The highest BCUT2D eigenvalue weighted by atomic mass is 32.1. The van der Waals surface area contributed by atoms with Gasteiger partial charge in [-0.25, -0.2) is 14.5 Å². The average Bonchev–Trinajstić information content (AvgIpc) is 4.04. The Balaban J connectivity index is 1.02. The van der Waals surface area contributed by atoms with E-state index in [-0.39, 0.29) is 0 Å². The Labute approximate surface area is 339 Å². The van der Waals surface area contributed by atoms with E-state index in [1.165, 1.54) is 20.6 Å². The minimum Gasteiger partial charge on any atom is -0.326 e. The van der Waals surface area contributed by atoms with E-state index in [0.717, 1.165) is 79.5 Å². The maximum Gasteiger partial charge on any atom is 0.287 e. The second-order valence-electron chi connectivity index (χ2n) is 13.8. The van der Waals surface area contributed by atoms with Gasteiger partial charge < -0.3 is 4.90 Å². The van der Waals surface area contributed by atoms with Gasteiger partial charge in [0.05, 0.1) is 38.4 Å². The molecule has 0 saturated heterocycles. The molecule has 57 heavy (non-hydrogen) atoms. The number of hydrogen-bond acceptors (Lipinski definition) is 6. The molecule has 3 aromatic heterocycles. The standard InChI is InChI=1S/C49H39N6S2/c1-3-52-42-32-34(48-50-38-22-14-16-24-44(38)56-48)28-30-40(42)54(36-18-8-5-9-19-36)46(52)26-12-7-13-27-47-53(4-2)43-33-35(49-51-39-23-15-17-25-45(39)57-49)29-31-41(43)55(47)37-20-10-6-11-21-37/h5-33H,3-4H2,1-2H3/q+1. The van der Waals surface area contributed by atoms with Crippen molar-refractivity contribution < 1.29 is 4.57 Å². The first-order valence-electron chi connectivity index (χ1n) is 19.4. The smallest absolute Gasteiger partial charge is 0.287 e. The third-order valence-electron chi connectivity index (χ3n) is 10.5. The minimum atomic E-state index is 0.821. The second-order valence-corrected chi connectivity index (χ2v) is 15.9. The van der Waals surface area contributed by atoms with Gasteiger partial charge in [0.15, 0.2) is 11.0 Å². The number of aryl methyl sites for hydroxylation is 1. The molecule has 0 saturated carbocycles. The number of benzene rings is 6. The van der Waals surface area contributed by atoms with E-state index in [4.69, 9.17) is 9.97 Å². The number of anilines is 3. The fourth-order valence-electron chi connectivity index (χ4n) is 7.89. The largest absolute Gasteiger partial charge is 0.326 e. The van der Waals surface area contributed by atoms with Crippen LogP contribution in [0.1, 0.15) is 19.7 Å². The Morgan fingerprint density at radius 1 is 0.596 bits per heavy atom. The molecule has 0 fully saturated rings. The van der Waals surface area contributed by atoms with Gasteiger partial charge in [-0.1, -0.05) is 78.9 Å². The zero-order valence-corrected chi connectivity index (χ0v) is 33.3. The van der Waals surface area contributed by atoms with Gasteiger partial charge >= 0.3 is 0 Å². The third kappa shape index (κ3) is 6.23. The second kappa shape index (κ2) is 14.8. The predicted octanol–water partition coefficient (Wildman–Crippen LogP) is 12.6. The van der Waals surface area contributed by atoms with E-state index in [1.807, 2.05) is 0 Å². The third-order valence-corrected chi connectivity index (χ3v) is 12.7. The van der Waals surface area contributed by atoms with Gasteiger partial charge in [0.25, 0.3) is 5.82 Å². The summed E-state index contributed by atoms with van der Waals surface area (Å²) in [6.45, 7) is 6.08. The van der Waals surface area contributed by atoms with Crippen LogP contribution in [0.15, 0.2) is 176 Å². The fourth-order valence-corrected chi connectivity index (χ4v) is 9.81. The molecule has 0 radical (unpaired) electrons. The maximum absolute atomic E-state index is 4.98. The first-order chi connectivity index (χ1) is 28.2. The van der Waals surface area contributed by atoms with Crippen molar-refractivity contribution in [3.63, 3.8) is 0 Å². The molecule has 6 aromatic carbocycles. The van der Waals surface area contributed by atoms with E-state index in [1.54, 1.807) is 22.7 Å². The van der Waals surface area contributed by atoms with Crippen LogP contribution in [0, 0.1) is 0 Å². The van der Waals surface area contributed by atoms with Crippen molar-refractivity contribution in [2.45, 2.75) is 20.4 Å². The quantitative estimate of drug-likeness (QED) is 0.108. The molecular weight excluding hydrogens is 737 g/mol. The molecular formula is C49H39N6S2+. The summed E-state index contributed by atoms with van der Waals surface area (Å²) in [4.78, 5) is 14.7.